The number of carbonyl (C=O) groups excluding carboxylic acids is 2. The van der Waals surface area contributed by atoms with Crippen LogP contribution < -0.4 is 10.2 Å². The fourth-order valence-electron chi connectivity index (χ4n) is 4.00. The Bertz CT molecular complexity index is 668. The molecule has 0 aliphatic carbocycles. The van der Waals surface area contributed by atoms with Gasteiger partial charge in [-0.25, -0.2) is 0 Å². The lowest BCUT2D eigenvalue weighted by molar-refractivity contribution is -0.906. The number of quaternary nitrogens is 1. The van der Waals surface area contributed by atoms with Gasteiger partial charge in [-0.2, -0.15) is 4.99 Å². The van der Waals surface area contributed by atoms with Crippen LogP contribution in [0.3, 0.4) is 0 Å². The van der Waals surface area contributed by atoms with Crippen molar-refractivity contribution in [2.75, 3.05) is 26.2 Å². The summed E-state index contributed by atoms with van der Waals surface area (Å²) in [5.74, 6) is 1.52. The molecule has 0 saturated carbocycles. The lowest BCUT2D eigenvalue weighted by atomic mass is 9.90. The monoisotopic (exact) mass is 389 g/mol. The summed E-state index contributed by atoms with van der Waals surface area (Å²) in [5, 5.41) is 3.07. The minimum Gasteiger partial charge on any atom is -0.354 e. The Morgan fingerprint density at radius 3 is 2.50 bits per heavy atom. The molecule has 2 amide bonds. The SMILES string of the molecule is CC1=CN2C(=NC(=O)CC2(C)C(=O)NCCC[NH+](CC(C)C)CC(C)C)C=C1. The van der Waals surface area contributed by atoms with E-state index < -0.39 is 5.54 Å². The zero-order valence-corrected chi connectivity index (χ0v) is 18.3. The lowest BCUT2D eigenvalue weighted by Crippen LogP contribution is -3.13. The summed E-state index contributed by atoms with van der Waals surface area (Å²) in [7, 11) is 0. The molecule has 6 heteroatoms. The Balaban J connectivity index is 1.94. The van der Waals surface area contributed by atoms with Crippen LogP contribution in [0.15, 0.2) is 28.9 Å². The number of hydrogen-bond acceptors (Lipinski definition) is 3. The Morgan fingerprint density at radius 2 is 1.89 bits per heavy atom. The molecular weight excluding hydrogens is 352 g/mol. The van der Waals surface area contributed by atoms with Crippen LogP contribution >= 0.6 is 0 Å². The van der Waals surface area contributed by atoms with Crippen LogP contribution in [0.2, 0.25) is 0 Å². The summed E-state index contributed by atoms with van der Waals surface area (Å²) in [6.07, 6.45) is 6.64. The average molecular weight is 390 g/mol. The van der Waals surface area contributed by atoms with Gasteiger partial charge in [0, 0.05) is 31.0 Å². The third kappa shape index (κ3) is 5.77. The molecule has 0 bridgehead atoms. The highest BCUT2D eigenvalue weighted by Gasteiger charge is 2.45. The van der Waals surface area contributed by atoms with Gasteiger partial charge in [0.1, 0.15) is 11.4 Å². The van der Waals surface area contributed by atoms with E-state index in [-0.39, 0.29) is 18.2 Å². The molecule has 0 aromatic rings. The largest absolute Gasteiger partial charge is 0.354 e. The van der Waals surface area contributed by atoms with E-state index in [1.807, 2.05) is 31.0 Å². The van der Waals surface area contributed by atoms with E-state index in [9.17, 15) is 9.59 Å². The Kier molecular flexibility index (Phi) is 7.58. The number of aliphatic imine (C=N–C) groups is 1. The van der Waals surface area contributed by atoms with Crippen LogP contribution in [0.25, 0.3) is 0 Å². The molecule has 1 unspecified atom stereocenters. The number of rotatable bonds is 9. The van der Waals surface area contributed by atoms with Crippen molar-refractivity contribution in [1.82, 2.24) is 10.2 Å². The van der Waals surface area contributed by atoms with Gasteiger partial charge in [-0.1, -0.05) is 33.8 Å². The quantitative estimate of drug-likeness (QED) is 0.588. The molecule has 0 aromatic carbocycles. The van der Waals surface area contributed by atoms with Crippen LogP contribution in [-0.4, -0.2) is 54.3 Å². The van der Waals surface area contributed by atoms with E-state index in [4.69, 9.17) is 0 Å². The molecule has 1 atom stereocenters. The molecule has 2 aliphatic heterocycles. The van der Waals surface area contributed by atoms with Crippen LogP contribution in [-0.2, 0) is 9.59 Å². The van der Waals surface area contributed by atoms with Crippen molar-refractivity contribution >= 4 is 17.6 Å². The van der Waals surface area contributed by atoms with E-state index in [1.54, 1.807) is 11.0 Å². The van der Waals surface area contributed by atoms with Gasteiger partial charge in [0.05, 0.1) is 26.1 Å². The van der Waals surface area contributed by atoms with Crippen molar-refractivity contribution in [2.24, 2.45) is 16.8 Å². The van der Waals surface area contributed by atoms with Gasteiger partial charge < -0.3 is 15.1 Å². The summed E-state index contributed by atoms with van der Waals surface area (Å²) >= 11 is 0. The maximum Gasteiger partial charge on any atom is 0.250 e. The minimum atomic E-state index is -0.928. The van der Waals surface area contributed by atoms with Gasteiger partial charge >= 0.3 is 0 Å². The van der Waals surface area contributed by atoms with Crippen molar-refractivity contribution < 1.29 is 14.5 Å². The van der Waals surface area contributed by atoms with Gasteiger partial charge in [-0.3, -0.25) is 9.59 Å². The first-order valence-corrected chi connectivity index (χ1v) is 10.5. The Morgan fingerprint density at radius 1 is 1.25 bits per heavy atom. The second-order valence-electron chi connectivity index (χ2n) is 9.20. The maximum absolute atomic E-state index is 13.0. The molecule has 28 heavy (non-hydrogen) atoms. The number of amides is 2. The predicted octanol–water partition coefficient (Wildman–Crippen LogP) is 1.55. The maximum atomic E-state index is 13.0. The number of allylic oxidation sites excluding steroid dienone is 2. The first-order chi connectivity index (χ1) is 13.1. The summed E-state index contributed by atoms with van der Waals surface area (Å²) in [4.78, 5) is 32.6. The summed E-state index contributed by atoms with van der Waals surface area (Å²) in [6, 6.07) is 0. The molecule has 2 aliphatic rings. The molecular formula is C22H37N4O2+. The first-order valence-electron chi connectivity index (χ1n) is 10.5. The fraction of sp³-hybridized carbons (Fsp3) is 0.682. The topological polar surface area (TPSA) is 66.2 Å². The molecule has 0 fully saturated rings. The van der Waals surface area contributed by atoms with Gasteiger partial charge in [0.2, 0.25) is 5.91 Å². The van der Waals surface area contributed by atoms with E-state index in [1.165, 1.54) is 0 Å². The number of nitrogens with one attached hydrogen (secondary N) is 2. The van der Waals surface area contributed by atoms with Crippen molar-refractivity contribution in [2.45, 2.75) is 59.9 Å². The van der Waals surface area contributed by atoms with Crippen molar-refractivity contribution in [3.8, 4) is 0 Å². The van der Waals surface area contributed by atoms with E-state index in [0.29, 0.717) is 24.2 Å². The summed E-state index contributed by atoms with van der Waals surface area (Å²) in [6.45, 7) is 16.8. The number of carbonyl (C=O) groups is 2. The molecule has 2 heterocycles. The molecule has 0 saturated heterocycles. The zero-order chi connectivity index (χ0) is 20.9. The highest BCUT2D eigenvalue weighted by molar-refractivity contribution is 6.09. The first kappa shape index (κ1) is 22.3. The van der Waals surface area contributed by atoms with E-state index in [2.05, 4.69) is 38.0 Å². The van der Waals surface area contributed by atoms with Crippen LogP contribution in [0.1, 0.15) is 54.4 Å². The van der Waals surface area contributed by atoms with E-state index in [0.717, 1.165) is 31.6 Å². The molecule has 6 nitrogen and oxygen atoms in total. The molecule has 0 radical (unpaired) electrons. The second-order valence-corrected chi connectivity index (χ2v) is 9.20. The standard InChI is InChI=1S/C22H36N4O2/c1-16(2)13-25(14-17(3)4)11-7-10-23-21(28)22(6)12-20(27)24-19-9-8-18(5)15-26(19)22/h8-9,15-17H,7,10-14H2,1-6H3,(H,23,28)/p+1. The Labute approximate surface area is 169 Å². The third-order valence-corrected chi connectivity index (χ3v) is 5.22. The van der Waals surface area contributed by atoms with Crippen LogP contribution in [0.5, 0.6) is 0 Å². The molecule has 2 N–H and O–H groups in total. The van der Waals surface area contributed by atoms with Gasteiger partial charge in [0.15, 0.2) is 0 Å². The van der Waals surface area contributed by atoms with Crippen LogP contribution in [0.4, 0.5) is 0 Å². The molecule has 0 aromatic heterocycles. The second kappa shape index (κ2) is 9.50. The van der Waals surface area contributed by atoms with Gasteiger partial charge in [-0.15, -0.1) is 0 Å². The number of hydrogen-bond donors (Lipinski definition) is 2. The number of fused-ring (bicyclic) bond motifs is 1. The Hall–Kier alpha value is -1.95. The highest BCUT2D eigenvalue weighted by atomic mass is 16.2. The molecule has 2 rings (SSSR count). The number of nitrogens with zero attached hydrogens (tertiary/aromatic N) is 2. The van der Waals surface area contributed by atoms with Gasteiger partial charge in [-0.05, 0) is 25.5 Å². The minimum absolute atomic E-state index is 0.0953. The number of amidine groups is 1. The normalized spacial score (nSPS) is 21.9. The average Bonchev–Trinajstić information content (AvgIpc) is 2.58. The van der Waals surface area contributed by atoms with Gasteiger partial charge in [0.25, 0.3) is 5.91 Å². The summed E-state index contributed by atoms with van der Waals surface area (Å²) < 4.78 is 0. The predicted molar refractivity (Wildman–Crippen MR) is 113 cm³/mol. The third-order valence-electron chi connectivity index (χ3n) is 5.22. The zero-order valence-electron chi connectivity index (χ0n) is 18.3. The van der Waals surface area contributed by atoms with Crippen LogP contribution in [0, 0.1) is 11.8 Å². The molecule has 0 spiro atoms. The fourth-order valence-corrected chi connectivity index (χ4v) is 4.00. The smallest absolute Gasteiger partial charge is 0.250 e. The van der Waals surface area contributed by atoms with Crippen molar-refractivity contribution in [3.05, 3.63) is 23.9 Å². The van der Waals surface area contributed by atoms with E-state index >= 15 is 0 Å². The van der Waals surface area contributed by atoms with Crippen molar-refractivity contribution in [1.29, 1.82) is 0 Å². The highest BCUT2D eigenvalue weighted by Crippen LogP contribution is 2.29. The molecule has 156 valence electrons. The lowest BCUT2D eigenvalue weighted by Gasteiger charge is -2.42. The van der Waals surface area contributed by atoms with Crippen molar-refractivity contribution in [3.63, 3.8) is 0 Å². The summed E-state index contributed by atoms with van der Waals surface area (Å²) in [5.41, 5.74) is 0.108.